The van der Waals surface area contributed by atoms with Gasteiger partial charge in [-0.3, -0.25) is 4.72 Å². The minimum absolute atomic E-state index is 0.678. The maximum atomic E-state index is 4.72. The van der Waals surface area contributed by atoms with E-state index in [2.05, 4.69) is 29.8 Å². The molecule has 2 nitrogen and oxygen atoms in total. The van der Waals surface area contributed by atoms with Gasteiger partial charge in [-0.05, 0) is 43.3 Å². The van der Waals surface area contributed by atoms with Gasteiger partial charge < -0.3 is 0 Å². The van der Waals surface area contributed by atoms with Gasteiger partial charge >= 0.3 is 0 Å². The van der Waals surface area contributed by atoms with Crippen LogP contribution in [0.3, 0.4) is 0 Å². The molecule has 4 heteroatoms. The summed E-state index contributed by atoms with van der Waals surface area (Å²) in [5.74, 6) is 0. The van der Waals surface area contributed by atoms with Crippen LogP contribution in [0.15, 0.2) is 22.5 Å². The fourth-order valence-electron chi connectivity index (χ4n) is 2.46. The van der Waals surface area contributed by atoms with Gasteiger partial charge in [0, 0.05) is 6.04 Å². The maximum absolute atomic E-state index is 4.72. The molecule has 0 radical (unpaired) electrons. The van der Waals surface area contributed by atoms with Crippen LogP contribution in [0.4, 0.5) is 0 Å². The number of thiazole rings is 1. The van der Waals surface area contributed by atoms with Crippen molar-refractivity contribution in [2.45, 2.75) is 49.4 Å². The lowest BCUT2D eigenvalue weighted by atomic mass is 9.96. The first-order chi connectivity index (χ1) is 8.83. The molecule has 1 N–H and O–H groups in total. The van der Waals surface area contributed by atoms with Crippen molar-refractivity contribution in [2.24, 2.45) is 0 Å². The molecule has 18 heavy (non-hydrogen) atoms. The Morgan fingerprint density at radius 1 is 1.28 bits per heavy atom. The van der Waals surface area contributed by atoms with Crippen LogP contribution >= 0.6 is 23.3 Å². The summed E-state index contributed by atoms with van der Waals surface area (Å²) in [5, 5.41) is 0. The third-order valence-corrected chi connectivity index (χ3v) is 5.55. The van der Waals surface area contributed by atoms with Gasteiger partial charge in [-0.1, -0.05) is 31.4 Å². The van der Waals surface area contributed by atoms with E-state index in [9.17, 15) is 0 Å². The van der Waals surface area contributed by atoms with Crippen LogP contribution < -0.4 is 4.72 Å². The van der Waals surface area contributed by atoms with Crippen molar-refractivity contribution >= 4 is 33.5 Å². The van der Waals surface area contributed by atoms with Gasteiger partial charge in [-0.15, -0.1) is 11.3 Å². The van der Waals surface area contributed by atoms with Crippen LogP contribution in [0.25, 0.3) is 10.2 Å². The summed E-state index contributed by atoms with van der Waals surface area (Å²) < 4.78 is 6.02. The van der Waals surface area contributed by atoms with Crippen LogP contribution in [0.5, 0.6) is 0 Å². The smallest absolute Gasteiger partial charge is 0.166 e. The summed E-state index contributed by atoms with van der Waals surface area (Å²) in [7, 11) is 0. The summed E-state index contributed by atoms with van der Waals surface area (Å²) in [6.07, 6.45) is 6.78. The summed E-state index contributed by atoms with van der Waals surface area (Å²) in [6, 6.07) is 7.08. The number of benzene rings is 1. The fourth-order valence-corrected chi connectivity index (χ4v) is 4.46. The average Bonchev–Trinajstić information content (AvgIpc) is 2.82. The van der Waals surface area contributed by atoms with Crippen molar-refractivity contribution in [3.05, 3.63) is 23.8 Å². The van der Waals surface area contributed by atoms with E-state index in [4.69, 9.17) is 4.98 Å². The third-order valence-electron chi connectivity index (χ3n) is 3.52. The van der Waals surface area contributed by atoms with Crippen molar-refractivity contribution < 1.29 is 0 Å². The monoisotopic (exact) mass is 278 g/mol. The highest BCUT2D eigenvalue weighted by Crippen LogP contribution is 2.31. The molecule has 0 spiro atoms. The summed E-state index contributed by atoms with van der Waals surface area (Å²) in [4.78, 5) is 4.72. The van der Waals surface area contributed by atoms with Crippen LogP contribution in [0.2, 0.25) is 0 Å². The lowest BCUT2D eigenvalue weighted by molar-refractivity contribution is 0.423. The summed E-state index contributed by atoms with van der Waals surface area (Å²) in [6.45, 7) is 2.13. The Morgan fingerprint density at radius 2 is 2.11 bits per heavy atom. The van der Waals surface area contributed by atoms with Gasteiger partial charge in [0.05, 0.1) is 10.2 Å². The Kier molecular flexibility index (Phi) is 3.87. The van der Waals surface area contributed by atoms with Gasteiger partial charge in [0.15, 0.2) is 4.34 Å². The minimum Gasteiger partial charge on any atom is -0.255 e. The van der Waals surface area contributed by atoms with Crippen LogP contribution in [-0.2, 0) is 0 Å². The van der Waals surface area contributed by atoms with Crippen LogP contribution in [0.1, 0.15) is 37.7 Å². The highest BCUT2D eigenvalue weighted by Gasteiger charge is 2.14. The standard InChI is InChI=1S/C14H18N2S2/c1-10-6-5-9-12-13(10)15-14(17-12)18-16-11-7-3-2-4-8-11/h5-6,9,11,16H,2-4,7-8H2,1H3. The van der Waals surface area contributed by atoms with Crippen molar-refractivity contribution in [1.82, 2.24) is 9.71 Å². The number of aryl methyl sites for hydroxylation is 1. The normalized spacial score (nSPS) is 17.4. The number of fused-ring (bicyclic) bond motifs is 1. The number of hydrogen-bond donors (Lipinski definition) is 1. The SMILES string of the molecule is Cc1cccc2sc(SNC3CCCCC3)nc12. The van der Waals surface area contributed by atoms with Crippen molar-refractivity contribution in [3.63, 3.8) is 0 Å². The summed E-state index contributed by atoms with van der Waals surface area (Å²) >= 11 is 3.51. The number of rotatable bonds is 3. The van der Waals surface area contributed by atoms with Gasteiger partial charge in [-0.2, -0.15) is 0 Å². The first-order valence-electron chi connectivity index (χ1n) is 6.61. The van der Waals surface area contributed by atoms with Crippen LogP contribution in [0, 0.1) is 6.92 Å². The fraction of sp³-hybridized carbons (Fsp3) is 0.500. The molecule has 1 aromatic heterocycles. The summed E-state index contributed by atoms with van der Waals surface area (Å²) in [5.41, 5.74) is 2.43. The molecular formula is C14H18N2S2. The number of aromatic nitrogens is 1. The van der Waals surface area contributed by atoms with E-state index in [1.165, 1.54) is 42.4 Å². The van der Waals surface area contributed by atoms with Crippen molar-refractivity contribution in [1.29, 1.82) is 0 Å². The largest absolute Gasteiger partial charge is 0.255 e. The zero-order chi connectivity index (χ0) is 12.4. The van der Waals surface area contributed by atoms with Gasteiger partial charge in [0.1, 0.15) is 0 Å². The minimum atomic E-state index is 0.678. The third kappa shape index (κ3) is 2.71. The molecule has 0 saturated heterocycles. The van der Waals surface area contributed by atoms with E-state index in [-0.39, 0.29) is 0 Å². The second-order valence-corrected chi connectivity index (χ2v) is 7.07. The van der Waals surface area contributed by atoms with Crippen LogP contribution in [-0.4, -0.2) is 11.0 Å². The molecule has 3 rings (SSSR count). The first-order valence-corrected chi connectivity index (χ1v) is 8.25. The number of nitrogens with zero attached hydrogens (tertiary/aromatic N) is 1. The Bertz CT molecular complexity index is 530. The predicted molar refractivity (Wildman–Crippen MR) is 80.2 cm³/mol. The van der Waals surface area contributed by atoms with E-state index in [0.29, 0.717) is 6.04 Å². The Morgan fingerprint density at radius 3 is 2.89 bits per heavy atom. The Balaban J connectivity index is 1.69. The lowest BCUT2D eigenvalue weighted by Gasteiger charge is -2.21. The zero-order valence-corrected chi connectivity index (χ0v) is 12.2. The van der Waals surface area contributed by atoms with Gasteiger partial charge in [0.2, 0.25) is 0 Å². The molecule has 2 aromatic rings. The zero-order valence-electron chi connectivity index (χ0n) is 10.6. The molecule has 1 aliphatic rings. The molecule has 0 aliphatic heterocycles. The van der Waals surface area contributed by atoms with E-state index < -0.39 is 0 Å². The predicted octanol–water partition coefficient (Wildman–Crippen LogP) is 4.53. The van der Waals surface area contributed by atoms with E-state index in [0.717, 1.165) is 9.86 Å². The molecule has 0 amide bonds. The molecule has 1 heterocycles. The average molecular weight is 278 g/mol. The van der Waals surface area contributed by atoms with Gasteiger partial charge in [0.25, 0.3) is 0 Å². The highest BCUT2D eigenvalue weighted by molar-refractivity contribution is 7.99. The highest BCUT2D eigenvalue weighted by atomic mass is 32.2. The molecule has 0 atom stereocenters. The molecule has 1 aliphatic carbocycles. The maximum Gasteiger partial charge on any atom is 0.166 e. The second-order valence-electron chi connectivity index (χ2n) is 4.96. The number of hydrogen-bond acceptors (Lipinski definition) is 4. The Hall–Kier alpha value is -0.580. The number of nitrogens with one attached hydrogen (secondary N) is 1. The quantitative estimate of drug-likeness (QED) is 0.835. The molecule has 1 saturated carbocycles. The molecule has 1 fully saturated rings. The van der Waals surface area contributed by atoms with Gasteiger partial charge in [-0.25, -0.2) is 4.98 Å². The second kappa shape index (κ2) is 5.59. The molecule has 0 bridgehead atoms. The Labute approximate surface area is 116 Å². The van der Waals surface area contributed by atoms with E-state index in [1.807, 2.05) is 0 Å². The lowest BCUT2D eigenvalue weighted by Crippen LogP contribution is -2.25. The molecule has 1 aromatic carbocycles. The topological polar surface area (TPSA) is 24.9 Å². The number of para-hydroxylation sites is 1. The molecule has 96 valence electrons. The first kappa shape index (κ1) is 12.5. The van der Waals surface area contributed by atoms with E-state index in [1.54, 1.807) is 23.3 Å². The van der Waals surface area contributed by atoms with E-state index >= 15 is 0 Å². The van der Waals surface area contributed by atoms with Crippen molar-refractivity contribution in [2.75, 3.05) is 0 Å². The van der Waals surface area contributed by atoms with Crippen molar-refractivity contribution in [3.8, 4) is 0 Å². The molecular weight excluding hydrogens is 260 g/mol. The molecule has 0 unspecified atom stereocenters.